The fourth-order valence-electron chi connectivity index (χ4n) is 4.41. The van der Waals surface area contributed by atoms with Gasteiger partial charge in [-0.3, -0.25) is 19.7 Å². The lowest BCUT2D eigenvalue weighted by atomic mass is 9.91. The highest BCUT2D eigenvalue weighted by Crippen LogP contribution is 2.30. The van der Waals surface area contributed by atoms with Gasteiger partial charge in [0.05, 0.1) is 0 Å². The molecule has 0 bridgehead atoms. The molecule has 3 aliphatic rings. The largest absolute Gasteiger partial charge is 0.328 e. The standard InChI is InChI=1S/C20H26N4O3/c21-14-4-6-15(7-5-14)22-10-12-2-1-3-13-11-24(20(27)18(12)13)16-8-9-17(25)23-19(16)26/h1-3,14-16,22H,4-11,21H2,(H,23,25,26). The highest BCUT2D eigenvalue weighted by atomic mass is 16.2. The van der Waals surface area contributed by atoms with Gasteiger partial charge in [0.25, 0.3) is 5.91 Å². The molecule has 2 aliphatic heterocycles. The number of amides is 3. The molecule has 0 radical (unpaired) electrons. The Balaban J connectivity index is 1.46. The molecule has 1 aromatic carbocycles. The molecule has 4 N–H and O–H groups in total. The van der Waals surface area contributed by atoms with Crippen LogP contribution >= 0.6 is 0 Å². The topological polar surface area (TPSA) is 105 Å². The summed E-state index contributed by atoms with van der Waals surface area (Å²) in [6.45, 7) is 1.06. The molecule has 7 heteroatoms. The van der Waals surface area contributed by atoms with Gasteiger partial charge in [-0.2, -0.15) is 0 Å². The SMILES string of the molecule is NC1CCC(NCc2cccc3c2C(=O)N(C2CCC(=O)NC2=O)C3)CC1. The Morgan fingerprint density at radius 3 is 2.63 bits per heavy atom. The first kappa shape index (κ1) is 18.1. The Morgan fingerprint density at radius 1 is 1.11 bits per heavy atom. The molecular weight excluding hydrogens is 344 g/mol. The van der Waals surface area contributed by atoms with Crippen LogP contribution in [0.5, 0.6) is 0 Å². The van der Waals surface area contributed by atoms with Crippen molar-refractivity contribution in [3.63, 3.8) is 0 Å². The quantitative estimate of drug-likeness (QED) is 0.680. The number of nitrogens with one attached hydrogen (secondary N) is 2. The minimum absolute atomic E-state index is 0.109. The Morgan fingerprint density at radius 2 is 1.89 bits per heavy atom. The van der Waals surface area contributed by atoms with Gasteiger partial charge in [0.2, 0.25) is 11.8 Å². The molecule has 2 heterocycles. The van der Waals surface area contributed by atoms with Crippen molar-refractivity contribution in [3.05, 3.63) is 34.9 Å². The van der Waals surface area contributed by atoms with E-state index in [0.29, 0.717) is 37.2 Å². The van der Waals surface area contributed by atoms with Crippen molar-refractivity contribution in [2.24, 2.45) is 5.73 Å². The maximum atomic E-state index is 13.1. The van der Waals surface area contributed by atoms with Gasteiger partial charge in [0.1, 0.15) is 6.04 Å². The number of rotatable bonds is 4. The second-order valence-electron chi connectivity index (χ2n) is 7.84. The molecule has 1 atom stereocenters. The first-order valence-electron chi connectivity index (χ1n) is 9.77. The van der Waals surface area contributed by atoms with Gasteiger partial charge in [-0.25, -0.2) is 0 Å². The van der Waals surface area contributed by atoms with Gasteiger partial charge in [0, 0.05) is 37.2 Å². The molecule has 0 aromatic heterocycles. The van der Waals surface area contributed by atoms with Crippen molar-refractivity contribution in [2.75, 3.05) is 0 Å². The van der Waals surface area contributed by atoms with Crippen molar-refractivity contribution in [1.29, 1.82) is 0 Å². The zero-order valence-corrected chi connectivity index (χ0v) is 15.4. The third kappa shape index (κ3) is 3.61. The van der Waals surface area contributed by atoms with E-state index < -0.39 is 6.04 Å². The average molecular weight is 370 g/mol. The number of carbonyl (C=O) groups is 3. The fraction of sp³-hybridized carbons (Fsp3) is 0.550. The minimum atomic E-state index is -0.566. The van der Waals surface area contributed by atoms with Crippen LogP contribution in [0.15, 0.2) is 18.2 Å². The molecule has 1 saturated carbocycles. The average Bonchev–Trinajstić information content (AvgIpc) is 2.98. The van der Waals surface area contributed by atoms with E-state index in [0.717, 1.165) is 36.8 Å². The summed E-state index contributed by atoms with van der Waals surface area (Å²) < 4.78 is 0. The number of carbonyl (C=O) groups excluding carboxylic acids is 3. The molecule has 144 valence electrons. The Bertz CT molecular complexity index is 770. The van der Waals surface area contributed by atoms with Gasteiger partial charge in [0.15, 0.2) is 0 Å². The second-order valence-corrected chi connectivity index (χ2v) is 7.84. The van der Waals surface area contributed by atoms with Crippen molar-refractivity contribution in [3.8, 4) is 0 Å². The van der Waals surface area contributed by atoms with Crippen molar-refractivity contribution in [2.45, 2.75) is 69.7 Å². The number of fused-ring (bicyclic) bond motifs is 1. The molecule has 4 rings (SSSR count). The van der Waals surface area contributed by atoms with Crippen LogP contribution in [0.4, 0.5) is 0 Å². The molecule has 7 nitrogen and oxygen atoms in total. The summed E-state index contributed by atoms with van der Waals surface area (Å²) in [6, 6.07) is 6.07. The minimum Gasteiger partial charge on any atom is -0.328 e. The first-order chi connectivity index (χ1) is 13.0. The van der Waals surface area contributed by atoms with Crippen LogP contribution in [0.3, 0.4) is 0 Å². The third-order valence-corrected chi connectivity index (χ3v) is 5.99. The number of nitrogens with zero attached hydrogens (tertiary/aromatic N) is 1. The summed E-state index contributed by atoms with van der Waals surface area (Å²) in [6.07, 6.45) is 4.85. The lowest BCUT2D eigenvalue weighted by Crippen LogP contribution is -2.52. The van der Waals surface area contributed by atoms with Gasteiger partial charge in [-0.1, -0.05) is 18.2 Å². The molecule has 1 saturated heterocycles. The second kappa shape index (κ2) is 7.40. The summed E-state index contributed by atoms with van der Waals surface area (Å²) in [7, 11) is 0. The van der Waals surface area contributed by atoms with E-state index >= 15 is 0 Å². The van der Waals surface area contributed by atoms with E-state index in [1.165, 1.54) is 0 Å². The first-order valence-corrected chi connectivity index (χ1v) is 9.77. The summed E-state index contributed by atoms with van der Waals surface area (Å²) in [5.41, 5.74) is 8.61. The van der Waals surface area contributed by atoms with Crippen LogP contribution in [0.25, 0.3) is 0 Å². The van der Waals surface area contributed by atoms with Gasteiger partial charge in [-0.15, -0.1) is 0 Å². The summed E-state index contributed by atoms with van der Waals surface area (Å²) >= 11 is 0. The number of hydrogen-bond donors (Lipinski definition) is 3. The number of piperidine rings is 1. The van der Waals surface area contributed by atoms with E-state index in [-0.39, 0.29) is 24.1 Å². The summed E-state index contributed by atoms with van der Waals surface area (Å²) in [4.78, 5) is 38.2. The van der Waals surface area contributed by atoms with Gasteiger partial charge < -0.3 is 16.0 Å². The zero-order chi connectivity index (χ0) is 19.0. The summed E-state index contributed by atoms with van der Waals surface area (Å²) in [5.74, 6) is -0.745. The van der Waals surface area contributed by atoms with Crippen LogP contribution in [0.1, 0.15) is 60.0 Å². The number of benzene rings is 1. The maximum absolute atomic E-state index is 13.1. The lowest BCUT2D eigenvalue weighted by molar-refractivity contribution is -0.136. The van der Waals surface area contributed by atoms with Gasteiger partial charge >= 0.3 is 0 Å². The molecule has 1 unspecified atom stereocenters. The van der Waals surface area contributed by atoms with Crippen LogP contribution in [0, 0.1) is 0 Å². The van der Waals surface area contributed by atoms with Gasteiger partial charge in [-0.05, 0) is 43.2 Å². The van der Waals surface area contributed by atoms with Crippen molar-refractivity contribution < 1.29 is 14.4 Å². The summed E-state index contributed by atoms with van der Waals surface area (Å²) in [5, 5.41) is 5.91. The Kier molecular flexibility index (Phi) is 4.97. The zero-order valence-electron chi connectivity index (χ0n) is 15.4. The monoisotopic (exact) mass is 370 g/mol. The number of nitrogens with two attached hydrogens (primary N) is 1. The molecular formula is C20H26N4O3. The highest BCUT2D eigenvalue weighted by Gasteiger charge is 2.39. The van der Waals surface area contributed by atoms with E-state index in [9.17, 15) is 14.4 Å². The molecule has 1 aliphatic carbocycles. The Labute approximate surface area is 158 Å². The molecule has 1 aromatic rings. The smallest absolute Gasteiger partial charge is 0.255 e. The van der Waals surface area contributed by atoms with E-state index in [1.807, 2.05) is 18.2 Å². The van der Waals surface area contributed by atoms with Crippen molar-refractivity contribution >= 4 is 17.7 Å². The third-order valence-electron chi connectivity index (χ3n) is 5.99. The van der Waals surface area contributed by atoms with Crippen molar-refractivity contribution in [1.82, 2.24) is 15.5 Å². The predicted molar refractivity (Wildman–Crippen MR) is 99.6 cm³/mol. The fourth-order valence-corrected chi connectivity index (χ4v) is 4.41. The predicted octanol–water partition coefficient (Wildman–Crippen LogP) is 0.807. The van der Waals surface area contributed by atoms with Crippen LogP contribution in [-0.2, 0) is 22.7 Å². The van der Waals surface area contributed by atoms with E-state index in [1.54, 1.807) is 4.90 Å². The highest BCUT2D eigenvalue weighted by molar-refractivity contribution is 6.05. The normalized spacial score (nSPS) is 28.3. The van der Waals surface area contributed by atoms with Crippen LogP contribution in [0.2, 0.25) is 0 Å². The number of hydrogen-bond acceptors (Lipinski definition) is 5. The van der Waals surface area contributed by atoms with E-state index in [2.05, 4.69) is 10.6 Å². The van der Waals surface area contributed by atoms with E-state index in [4.69, 9.17) is 5.73 Å². The molecule has 0 spiro atoms. The Hall–Kier alpha value is -2.25. The molecule has 3 amide bonds. The van der Waals surface area contributed by atoms with Crippen LogP contribution in [-0.4, -0.2) is 40.7 Å². The number of imide groups is 1. The molecule has 27 heavy (non-hydrogen) atoms. The molecule has 2 fully saturated rings. The maximum Gasteiger partial charge on any atom is 0.255 e. The van der Waals surface area contributed by atoms with Crippen LogP contribution < -0.4 is 16.4 Å². The lowest BCUT2D eigenvalue weighted by Gasteiger charge is -2.29.